The molecule has 0 aliphatic carbocycles. The molecule has 0 saturated carbocycles. The van der Waals surface area contributed by atoms with E-state index in [9.17, 15) is 9.59 Å². The second kappa shape index (κ2) is 8.05. The van der Waals surface area contributed by atoms with Crippen LogP contribution in [0.5, 0.6) is 0 Å². The highest BCUT2D eigenvalue weighted by molar-refractivity contribution is 5.96. The van der Waals surface area contributed by atoms with E-state index in [2.05, 4.69) is 41.9 Å². The second-order valence-corrected chi connectivity index (χ2v) is 7.26. The summed E-state index contributed by atoms with van der Waals surface area (Å²) in [5.74, 6) is 0.448. The summed E-state index contributed by atoms with van der Waals surface area (Å²) in [7, 11) is 0. The normalized spacial score (nSPS) is 20.8. The Morgan fingerprint density at radius 1 is 1.08 bits per heavy atom. The number of nitrogens with one attached hydrogen (secondary N) is 3. The van der Waals surface area contributed by atoms with Gasteiger partial charge in [-0.25, -0.2) is 14.5 Å². The molecule has 7 nitrogen and oxygen atoms in total. The molecule has 0 spiro atoms. The molecule has 0 radical (unpaired) electrons. The zero-order valence-corrected chi connectivity index (χ0v) is 15.6. The van der Waals surface area contributed by atoms with Crippen molar-refractivity contribution in [2.24, 2.45) is 0 Å². The van der Waals surface area contributed by atoms with Crippen LogP contribution in [0.4, 0.5) is 9.59 Å². The van der Waals surface area contributed by atoms with Crippen LogP contribution in [0.25, 0.3) is 0 Å². The molecule has 0 bridgehead atoms. The smallest absolute Gasteiger partial charge is 0.328 e. The lowest BCUT2D eigenvalue weighted by molar-refractivity contribution is 0.0492. The average molecular weight is 360 g/mol. The largest absolute Gasteiger partial charge is 0.381 e. The zero-order chi connectivity index (χ0) is 18.7. The van der Waals surface area contributed by atoms with Crippen LogP contribution in [0.3, 0.4) is 0 Å². The molecule has 2 aliphatic heterocycles. The van der Waals surface area contributed by atoms with E-state index < -0.39 is 6.29 Å². The fourth-order valence-corrected chi connectivity index (χ4v) is 3.41. The van der Waals surface area contributed by atoms with Crippen molar-refractivity contribution in [3.05, 3.63) is 35.4 Å². The van der Waals surface area contributed by atoms with Crippen LogP contribution in [0.15, 0.2) is 24.3 Å². The minimum Gasteiger partial charge on any atom is -0.381 e. The number of ether oxygens (including phenoxy) is 1. The van der Waals surface area contributed by atoms with E-state index in [1.807, 2.05) is 19.1 Å². The van der Waals surface area contributed by atoms with Gasteiger partial charge in [0.15, 0.2) is 6.29 Å². The maximum atomic E-state index is 12.4. The molecule has 4 amide bonds. The summed E-state index contributed by atoms with van der Waals surface area (Å²) in [6, 6.07) is 7.50. The first-order valence-corrected chi connectivity index (χ1v) is 9.29. The first-order valence-electron chi connectivity index (χ1n) is 9.29. The molecule has 2 aliphatic rings. The average Bonchev–Trinajstić information content (AvgIpc) is 2.62. The van der Waals surface area contributed by atoms with Crippen molar-refractivity contribution in [2.75, 3.05) is 13.2 Å². The second-order valence-electron chi connectivity index (χ2n) is 7.26. The minimum absolute atomic E-state index is 0.0195. The number of rotatable bonds is 5. The predicted molar refractivity (Wildman–Crippen MR) is 98.6 cm³/mol. The Hall–Kier alpha value is -2.12. The lowest BCUT2D eigenvalue weighted by Gasteiger charge is -2.39. The van der Waals surface area contributed by atoms with Crippen molar-refractivity contribution in [1.82, 2.24) is 20.9 Å². The minimum atomic E-state index is -0.594. The van der Waals surface area contributed by atoms with Crippen LogP contribution in [0, 0.1) is 0 Å². The van der Waals surface area contributed by atoms with E-state index in [4.69, 9.17) is 4.74 Å². The van der Waals surface area contributed by atoms with Gasteiger partial charge in [-0.05, 0) is 36.8 Å². The number of imide groups is 1. The van der Waals surface area contributed by atoms with Gasteiger partial charge in [0.05, 0.1) is 0 Å². The van der Waals surface area contributed by atoms with E-state index in [0.29, 0.717) is 32.0 Å². The first kappa shape index (κ1) is 18.7. The van der Waals surface area contributed by atoms with Crippen LogP contribution in [0.1, 0.15) is 56.7 Å². The SMILES string of the molecule is CC(C)c1cccc([C@H](C)NC2NC(=O)N(C3CCOCC3)C(=O)N2)c1. The summed E-state index contributed by atoms with van der Waals surface area (Å²) in [5, 5.41) is 8.94. The summed E-state index contributed by atoms with van der Waals surface area (Å²) >= 11 is 0. The van der Waals surface area contributed by atoms with E-state index >= 15 is 0 Å². The third-order valence-corrected chi connectivity index (χ3v) is 5.02. The van der Waals surface area contributed by atoms with Gasteiger partial charge in [-0.15, -0.1) is 0 Å². The summed E-state index contributed by atoms with van der Waals surface area (Å²) in [5.41, 5.74) is 2.38. The summed E-state index contributed by atoms with van der Waals surface area (Å²) in [4.78, 5) is 26.2. The Morgan fingerprint density at radius 3 is 2.31 bits per heavy atom. The number of carbonyl (C=O) groups excluding carboxylic acids is 2. The molecule has 0 aromatic heterocycles. The molecule has 2 fully saturated rings. The number of hydrogen-bond acceptors (Lipinski definition) is 4. The van der Waals surface area contributed by atoms with Crippen LogP contribution in [-0.2, 0) is 4.74 Å². The zero-order valence-electron chi connectivity index (χ0n) is 15.6. The highest BCUT2D eigenvalue weighted by atomic mass is 16.5. The number of hydrogen-bond donors (Lipinski definition) is 3. The van der Waals surface area contributed by atoms with Gasteiger partial charge < -0.3 is 15.4 Å². The highest BCUT2D eigenvalue weighted by Crippen LogP contribution is 2.21. The summed E-state index contributed by atoms with van der Waals surface area (Å²) < 4.78 is 5.31. The molecule has 7 heteroatoms. The fourth-order valence-electron chi connectivity index (χ4n) is 3.41. The van der Waals surface area contributed by atoms with Crippen LogP contribution < -0.4 is 16.0 Å². The first-order chi connectivity index (χ1) is 12.5. The third-order valence-electron chi connectivity index (χ3n) is 5.02. The van der Waals surface area contributed by atoms with Crippen molar-refractivity contribution in [3.8, 4) is 0 Å². The Labute approximate surface area is 154 Å². The monoisotopic (exact) mass is 360 g/mol. The maximum Gasteiger partial charge on any atom is 0.328 e. The third kappa shape index (κ3) is 4.16. The number of amides is 4. The molecule has 1 aromatic rings. The predicted octanol–water partition coefficient (Wildman–Crippen LogP) is 2.66. The van der Waals surface area contributed by atoms with Crippen LogP contribution in [-0.4, -0.2) is 42.5 Å². The van der Waals surface area contributed by atoms with Gasteiger partial charge in [0, 0.05) is 25.3 Å². The molecule has 3 N–H and O–H groups in total. The Bertz CT molecular complexity index is 640. The van der Waals surface area contributed by atoms with E-state index in [0.717, 1.165) is 5.56 Å². The van der Waals surface area contributed by atoms with E-state index in [1.54, 1.807) is 0 Å². The molecule has 1 aromatic carbocycles. The summed E-state index contributed by atoms with van der Waals surface area (Å²) in [6.07, 6.45) is 0.762. The molecular formula is C19H28N4O3. The van der Waals surface area contributed by atoms with Gasteiger partial charge in [0.2, 0.25) is 0 Å². The fraction of sp³-hybridized carbons (Fsp3) is 0.579. The van der Waals surface area contributed by atoms with Crippen molar-refractivity contribution < 1.29 is 14.3 Å². The molecular weight excluding hydrogens is 332 g/mol. The summed E-state index contributed by atoms with van der Waals surface area (Å²) in [6.45, 7) is 7.48. The van der Waals surface area contributed by atoms with Crippen molar-refractivity contribution in [2.45, 2.75) is 57.9 Å². The molecule has 2 heterocycles. The van der Waals surface area contributed by atoms with Crippen molar-refractivity contribution in [1.29, 1.82) is 0 Å². The van der Waals surface area contributed by atoms with Crippen molar-refractivity contribution >= 4 is 12.1 Å². The highest BCUT2D eigenvalue weighted by Gasteiger charge is 2.37. The topological polar surface area (TPSA) is 82.7 Å². The van der Waals surface area contributed by atoms with Crippen LogP contribution >= 0.6 is 0 Å². The maximum absolute atomic E-state index is 12.4. The van der Waals surface area contributed by atoms with Gasteiger partial charge in [0.25, 0.3) is 0 Å². The number of carbonyl (C=O) groups is 2. The van der Waals surface area contributed by atoms with Gasteiger partial charge in [0.1, 0.15) is 0 Å². The van der Waals surface area contributed by atoms with Crippen molar-refractivity contribution in [3.63, 3.8) is 0 Å². The van der Waals surface area contributed by atoms with E-state index in [1.165, 1.54) is 10.5 Å². The number of urea groups is 2. The molecule has 2 saturated heterocycles. The van der Waals surface area contributed by atoms with E-state index in [-0.39, 0.29) is 24.1 Å². The Morgan fingerprint density at radius 2 is 1.69 bits per heavy atom. The quantitative estimate of drug-likeness (QED) is 0.754. The van der Waals surface area contributed by atoms with Gasteiger partial charge in [-0.1, -0.05) is 38.1 Å². The molecule has 0 unspecified atom stereocenters. The standard InChI is InChI=1S/C19H28N4O3/c1-12(2)14-5-4-6-15(11-14)13(3)20-17-21-18(24)23(19(25)22-17)16-7-9-26-10-8-16/h4-6,11-13,16-17,20H,7-10H2,1-3H3,(H,21,24)(H,22,25)/t13-/m0/s1. The molecule has 1 atom stereocenters. The number of nitrogens with zero attached hydrogens (tertiary/aromatic N) is 1. The Kier molecular flexibility index (Phi) is 5.78. The lowest BCUT2D eigenvalue weighted by atomic mass is 9.98. The Balaban J connectivity index is 1.62. The molecule has 142 valence electrons. The van der Waals surface area contributed by atoms with Crippen LogP contribution in [0.2, 0.25) is 0 Å². The molecule has 3 rings (SSSR count). The van der Waals surface area contributed by atoms with Gasteiger partial charge in [-0.2, -0.15) is 0 Å². The van der Waals surface area contributed by atoms with Gasteiger partial charge in [-0.3, -0.25) is 5.32 Å². The van der Waals surface area contributed by atoms with Gasteiger partial charge >= 0.3 is 12.1 Å². The lowest BCUT2D eigenvalue weighted by Crippen LogP contribution is -2.70. The molecule has 26 heavy (non-hydrogen) atoms. The number of benzene rings is 1.